The van der Waals surface area contributed by atoms with Crippen LogP contribution in [0, 0.1) is 6.92 Å². The van der Waals surface area contributed by atoms with E-state index in [1.807, 2.05) is 13.0 Å². The van der Waals surface area contributed by atoms with E-state index >= 15 is 0 Å². The molecule has 1 heterocycles. The van der Waals surface area contributed by atoms with Crippen molar-refractivity contribution in [2.75, 3.05) is 0 Å². The first-order valence-electron chi connectivity index (χ1n) is 8.13. The highest BCUT2D eigenvalue weighted by Crippen LogP contribution is 2.29. The summed E-state index contributed by atoms with van der Waals surface area (Å²) in [7, 11) is 0. The molecule has 0 aliphatic rings. The number of aryl methyl sites for hydroxylation is 1. The molecule has 1 N–H and O–H groups in total. The lowest BCUT2D eigenvalue weighted by Crippen LogP contribution is -2.32. The van der Waals surface area contributed by atoms with Gasteiger partial charge in [-0.3, -0.25) is 14.2 Å². The molecule has 0 radical (unpaired) electrons. The van der Waals surface area contributed by atoms with E-state index in [0.717, 1.165) is 17.7 Å². The van der Waals surface area contributed by atoms with E-state index in [4.69, 9.17) is 0 Å². The lowest BCUT2D eigenvalue weighted by molar-refractivity contribution is -0.137. The van der Waals surface area contributed by atoms with Crippen LogP contribution in [0.15, 0.2) is 53.6 Å². The number of carbonyl (C=O) groups is 1. The molecule has 0 saturated heterocycles. The van der Waals surface area contributed by atoms with E-state index in [1.165, 1.54) is 23.0 Å². The van der Waals surface area contributed by atoms with Crippen molar-refractivity contribution in [1.82, 2.24) is 14.9 Å². The molecule has 0 fully saturated rings. The number of halogens is 3. The summed E-state index contributed by atoms with van der Waals surface area (Å²) < 4.78 is 39.3. The van der Waals surface area contributed by atoms with Crippen LogP contribution in [0.5, 0.6) is 0 Å². The summed E-state index contributed by atoms with van der Waals surface area (Å²) >= 11 is 0. The third kappa shape index (κ3) is 4.16. The van der Waals surface area contributed by atoms with E-state index in [2.05, 4.69) is 10.3 Å². The smallest absolute Gasteiger partial charge is 0.350 e. The molecule has 2 aromatic carbocycles. The molecule has 3 aromatic rings. The number of nitrogens with zero attached hydrogens (tertiary/aromatic N) is 2. The van der Waals surface area contributed by atoms with Gasteiger partial charge in [0.2, 0.25) is 5.91 Å². The Bertz CT molecular complexity index is 1060. The lowest BCUT2D eigenvalue weighted by Gasteiger charge is -2.11. The van der Waals surface area contributed by atoms with Gasteiger partial charge in [0.1, 0.15) is 6.54 Å². The number of amides is 1. The average Bonchev–Trinajstić information content (AvgIpc) is 2.62. The van der Waals surface area contributed by atoms with Gasteiger partial charge in [0, 0.05) is 6.54 Å². The summed E-state index contributed by atoms with van der Waals surface area (Å²) in [5.74, 6) is -0.497. The summed E-state index contributed by atoms with van der Waals surface area (Å²) in [6.45, 7) is 1.49. The number of rotatable bonds is 4. The minimum Gasteiger partial charge on any atom is -0.350 e. The number of nitrogens with one attached hydrogen (secondary N) is 1. The Morgan fingerprint density at radius 3 is 2.67 bits per heavy atom. The van der Waals surface area contributed by atoms with Gasteiger partial charge < -0.3 is 5.32 Å². The number of hydrogen-bond acceptors (Lipinski definition) is 3. The number of para-hydroxylation sites is 1. The molecule has 140 valence electrons. The van der Waals surface area contributed by atoms with E-state index in [-0.39, 0.29) is 18.6 Å². The van der Waals surface area contributed by atoms with Crippen molar-refractivity contribution in [2.45, 2.75) is 26.2 Å². The maximum Gasteiger partial charge on any atom is 0.416 e. The second kappa shape index (κ2) is 7.22. The molecule has 0 bridgehead atoms. The topological polar surface area (TPSA) is 64.0 Å². The molecule has 0 aliphatic heterocycles. The number of fused-ring (bicyclic) bond motifs is 1. The van der Waals surface area contributed by atoms with Crippen molar-refractivity contribution in [1.29, 1.82) is 0 Å². The first kappa shape index (κ1) is 18.6. The molecule has 0 spiro atoms. The van der Waals surface area contributed by atoms with Crippen molar-refractivity contribution >= 4 is 16.8 Å². The number of alkyl halides is 3. The fourth-order valence-corrected chi connectivity index (χ4v) is 2.72. The Morgan fingerprint density at radius 2 is 1.93 bits per heavy atom. The standard InChI is InChI=1S/C19H16F3N3O2/c1-12-4-2-7-15-17(12)24-11-25(18(15)27)10-16(26)23-9-13-5-3-6-14(8-13)19(20,21)22/h2-8,11H,9-10H2,1H3,(H,23,26). The first-order chi connectivity index (χ1) is 12.8. The molecule has 5 nitrogen and oxygen atoms in total. The predicted molar refractivity (Wildman–Crippen MR) is 94.0 cm³/mol. The van der Waals surface area contributed by atoms with Crippen LogP contribution in [0.25, 0.3) is 10.9 Å². The second-order valence-electron chi connectivity index (χ2n) is 6.12. The molecule has 3 rings (SSSR count). The highest BCUT2D eigenvalue weighted by molar-refractivity contribution is 5.81. The van der Waals surface area contributed by atoms with E-state index in [1.54, 1.807) is 12.1 Å². The van der Waals surface area contributed by atoms with E-state index < -0.39 is 17.6 Å². The number of carbonyl (C=O) groups excluding carboxylic acids is 1. The van der Waals surface area contributed by atoms with E-state index in [9.17, 15) is 22.8 Å². The fraction of sp³-hybridized carbons (Fsp3) is 0.211. The third-order valence-corrected chi connectivity index (χ3v) is 4.11. The second-order valence-corrected chi connectivity index (χ2v) is 6.12. The van der Waals surface area contributed by atoms with Crippen LogP contribution in [0.2, 0.25) is 0 Å². The Balaban J connectivity index is 1.71. The minimum atomic E-state index is -4.44. The van der Waals surface area contributed by atoms with Crippen LogP contribution in [0.1, 0.15) is 16.7 Å². The molecule has 0 unspecified atom stereocenters. The van der Waals surface area contributed by atoms with Gasteiger partial charge in [0.25, 0.3) is 5.56 Å². The zero-order valence-corrected chi connectivity index (χ0v) is 14.4. The van der Waals surface area contributed by atoms with Crippen LogP contribution in [0.3, 0.4) is 0 Å². The van der Waals surface area contributed by atoms with Gasteiger partial charge in [0.15, 0.2) is 0 Å². The maximum absolute atomic E-state index is 12.7. The Labute approximate surface area is 152 Å². The number of hydrogen-bond donors (Lipinski definition) is 1. The first-order valence-corrected chi connectivity index (χ1v) is 8.13. The Kier molecular flexibility index (Phi) is 4.98. The fourth-order valence-electron chi connectivity index (χ4n) is 2.72. The van der Waals surface area contributed by atoms with Crippen LogP contribution in [0.4, 0.5) is 13.2 Å². The van der Waals surface area contributed by atoms with Gasteiger partial charge in [-0.05, 0) is 36.2 Å². The summed E-state index contributed by atoms with van der Waals surface area (Å²) in [5.41, 5.74) is 0.615. The Morgan fingerprint density at radius 1 is 1.19 bits per heavy atom. The molecule has 27 heavy (non-hydrogen) atoms. The molecule has 0 atom stereocenters. The van der Waals surface area contributed by atoms with Crippen LogP contribution in [-0.2, 0) is 24.1 Å². The van der Waals surface area contributed by atoms with Crippen molar-refractivity contribution in [2.24, 2.45) is 0 Å². The lowest BCUT2D eigenvalue weighted by atomic mass is 10.1. The van der Waals surface area contributed by atoms with Crippen LogP contribution in [-0.4, -0.2) is 15.5 Å². The summed E-state index contributed by atoms with van der Waals surface area (Å²) in [6, 6.07) is 9.92. The molecular formula is C19H16F3N3O2. The number of aromatic nitrogens is 2. The zero-order chi connectivity index (χ0) is 19.6. The van der Waals surface area contributed by atoms with Gasteiger partial charge in [0.05, 0.1) is 22.8 Å². The Hall–Kier alpha value is -3.16. The van der Waals surface area contributed by atoms with Gasteiger partial charge in [-0.1, -0.05) is 24.3 Å². The summed E-state index contributed by atoms with van der Waals surface area (Å²) in [5, 5.41) is 2.92. The van der Waals surface area contributed by atoms with Gasteiger partial charge in [-0.25, -0.2) is 4.98 Å². The molecular weight excluding hydrogens is 359 g/mol. The molecule has 0 aliphatic carbocycles. The predicted octanol–water partition coefficient (Wildman–Crippen LogP) is 3.04. The van der Waals surface area contributed by atoms with Crippen molar-refractivity contribution in [3.8, 4) is 0 Å². The zero-order valence-electron chi connectivity index (χ0n) is 14.4. The summed E-state index contributed by atoms with van der Waals surface area (Å²) in [4.78, 5) is 28.8. The quantitative estimate of drug-likeness (QED) is 0.762. The van der Waals surface area contributed by atoms with Gasteiger partial charge >= 0.3 is 6.18 Å². The van der Waals surface area contributed by atoms with E-state index in [0.29, 0.717) is 16.5 Å². The average molecular weight is 375 g/mol. The molecule has 8 heteroatoms. The number of benzene rings is 2. The minimum absolute atomic E-state index is 0.0718. The van der Waals surface area contributed by atoms with Gasteiger partial charge in [-0.2, -0.15) is 13.2 Å². The monoisotopic (exact) mass is 375 g/mol. The third-order valence-electron chi connectivity index (χ3n) is 4.11. The van der Waals surface area contributed by atoms with Crippen molar-refractivity contribution in [3.05, 3.63) is 75.8 Å². The highest BCUT2D eigenvalue weighted by atomic mass is 19.4. The summed E-state index contributed by atoms with van der Waals surface area (Å²) in [6.07, 6.45) is -3.15. The van der Waals surface area contributed by atoms with Crippen LogP contribution < -0.4 is 10.9 Å². The SMILES string of the molecule is Cc1cccc2c(=O)n(CC(=O)NCc3cccc(C(F)(F)F)c3)cnc12. The van der Waals surface area contributed by atoms with Crippen molar-refractivity contribution < 1.29 is 18.0 Å². The molecule has 1 amide bonds. The molecule has 1 aromatic heterocycles. The van der Waals surface area contributed by atoms with Crippen LogP contribution >= 0.6 is 0 Å². The van der Waals surface area contributed by atoms with Crippen molar-refractivity contribution in [3.63, 3.8) is 0 Å². The highest BCUT2D eigenvalue weighted by Gasteiger charge is 2.30. The normalized spacial score (nSPS) is 11.6. The molecule has 0 saturated carbocycles. The van der Waals surface area contributed by atoms with Gasteiger partial charge in [-0.15, -0.1) is 0 Å². The maximum atomic E-state index is 12.7. The largest absolute Gasteiger partial charge is 0.416 e.